The summed E-state index contributed by atoms with van der Waals surface area (Å²) in [4.78, 5) is 30.4. The van der Waals surface area contributed by atoms with Crippen molar-refractivity contribution in [2.45, 2.75) is 25.8 Å². The minimum absolute atomic E-state index is 0.203. The molecule has 4 heterocycles. The third-order valence-electron chi connectivity index (χ3n) is 9.41. The predicted molar refractivity (Wildman–Crippen MR) is 170 cm³/mol. The van der Waals surface area contributed by atoms with Gasteiger partial charge in [0.15, 0.2) is 6.79 Å². The fourth-order valence-corrected chi connectivity index (χ4v) is 7.02. The number of allylic oxidation sites excluding steroid dienone is 1. The molecule has 0 spiro atoms. The monoisotopic (exact) mass is 598 g/mol. The Morgan fingerprint density at radius 1 is 0.977 bits per heavy atom. The third kappa shape index (κ3) is 6.32. The number of hydrogen-bond acceptors (Lipinski definition) is 10. The third-order valence-corrected chi connectivity index (χ3v) is 9.41. The normalized spacial score (nSPS) is 21.5. The molecule has 1 saturated carbocycles. The van der Waals surface area contributed by atoms with Gasteiger partial charge in [0.25, 0.3) is 0 Å². The molecule has 232 valence electrons. The molecule has 2 aromatic carbocycles. The zero-order chi connectivity index (χ0) is 29.9. The Hall–Kier alpha value is -3.89. The zero-order valence-corrected chi connectivity index (χ0v) is 25.6. The van der Waals surface area contributed by atoms with Crippen LogP contribution in [0.3, 0.4) is 0 Å². The first-order chi connectivity index (χ1) is 21.7. The van der Waals surface area contributed by atoms with Gasteiger partial charge >= 0.3 is 6.01 Å². The number of methoxy groups -OCH3 is 1. The fourth-order valence-electron chi connectivity index (χ4n) is 7.02. The lowest BCUT2D eigenvalue weighted by molar-refractivity contribution is -0.104. The molecule has 3 fully saturated rings. The van der Waals surface area contributed by atoms with Crippen molar-refractivity contribution in [2.24, 2.45) is 11.8 Å². The molecule has 2 atom stereocenters. The number of piperazine rings is 1. The topological polar surface area (TPSA) is 83.5 Å². The Balaban J connectivity index is 1.13. The van der Waals surface area contributed by atoms with Crippen LogP contribution < -0.4 is 19.3 Å². The van der Waals surface area contributed by atoms with Crippen molar-refractivity contribution in [2.75, 3.05) is 82.7 Å². The molecule has 4 aliphatic rings. The van der Waals surface area contributed by atoms with E-state index < -0.39 is 0 Å². The summed E-state index contributed by atoms with van der Waals surface area (Å²) in [6.45, 7) is 9.24. The molecule has 2 saturated heterocycles. The molecule has 10 nitrogen and oxygen atoms in total. The smallest absolute Gasteiger partial charge is 0.318 e. The number of likely N-dealkylation sites (tertiary alicyclic amines) is 1. The van der Waals surface area contributed by atoms with Crippen LogP contribution in [0.15, 0.2) is 48.7 Å². The average Bonchev–Trinajstić information content (AvgIpc) is 3.68. The SMILES string of the molecule is COCOc1cc(N2CCc3c(nc(OCCCN4CC5CC5C4)nc3N3CCN(C=CC=O)CC3)C2)c2ccccc2c1. The number of anilines is 2. The van der Waals surface area contributed by atoms with E-state index in [1.165, 1.54) is 30.5 Å². The molecular weight excluding hydrogens is 556 g/mol. The van der Waals surface area contributed by atoms with Gasteiger partial charge in [-0.3, -0.25) is 4.79 Å². The quantitative estimate of drug-likeness (QED) is 0.133. The van der Waals surface area contributed by atoms with Gasteiger partial charge in [0.05, 0.1) is 18.8 Å². The highest BCUT2D eigenvalue weighted by Crippen LogP contribution is 2.44. The molecular formula is C34H42N6O4. The van der Waals surface area contributed by atoms with Crippen molar-refractivity contribution in [1.82, 2.24) is 19.8 Å². The highest BCUT2D eigenvalue weighted by molar-refractivity contribution is 5.95. The number of rotatable bonds is 12. The molecule has 1 aromatic heterocycles. The first-order valence-electron chi connectivity index (χ1n) is 15.9. The number of ether oxygens (including phenoxy) is 3. The van der Waals surface area contributed by atoms with Crippen LogP contribution in [0.1, 0.15) is 24.1 Å². The van der Waals surface area contributed by atoms with E-state index in [-0.39, 0.29) is 6.79 Å². The standard InChI is InChI=1S/C34H42N6O4/c1-42-24-44-28-19-25-6-2-3-7-29(25)32(20-28)40-11-8-30-31(23-40)35-34(43-17-5-10-38-21-26-18-27(26)22-38)36-33(30)39-14-12-37(13-15-39)9-4-16-41/h2-4,6-7,9,16,19-20,26-27H,5,8,10-15,17-18,21-24H2,1H3. The summed E-state index contributed by atoms with van der Waals surface area (Å²) in [5, 5.41) is 2.32. The van der Waals surface area contributed by atoms with Crippen molar-refractivity contribution in [3.05, 3.63) is 59.9 Å². The van der Waals surface area contributed by atoms with E-state index in [9.17, 15) is 4.79 Å². The van der Waals surface area contributed by atoms with Gasteiger partial charge in [0.2, 0.25) is 0 Å². The molecule has 44 heavy (non-hydrogen) atoms. The van der Waals surface area contributed by atoms with Crippen LogP contribution in [-0.4, -0.2) is 98.9 Å². The van der Waals surface area contributed by atoms with Gasteiger partial charge in [-0.2, -0.15) is 9.97 Å². The van der Waals surface area contributed by atoms with E-state index in [4.69, 9.17) is 24.2 Å². The van der Waals surface area contributed by atoms with Gasteiger partial charge in [-0.05, 0) is 48.6 Å². The predicted octanol–water partition coefficient (Wildman–Crippen LogP) is 3.73. The summed E-state index contributed by atoms with van der Waals surface area (Å²) >= 11 is 0. The number of benzene rings is 2. The van der Waals surface area contributed by atoms with Crippen molar-refractivity contribution in [3.8, 4) is 11.8 Å². The largest absolute Gasteiger partial charge is 0.467 e. The lowest BCUT2D eigenvalue weighted by atomic mass is 10.0. The van der Waals surface area contributed by atoms with Crippen molar-refractivity contribution < 1.29 is 19.0 Å². The molecule has 7 rings (SSSR count). The summed E-state index contributed by atoms with van der Waals surface area (Å²) in [7, 11) is 1.64. The maximum atomic E-state index is 10.8. The Kier molecular flexibility index (Phi) is 8.52. The summed E-state index contributed by atoms with van der Waals surface area (Å²) in [6, 6.07) is 13.1. The van der Waals surface area contributed by atoms with Crippen LogP contribution in [-0.2, 0) is 22.5 Å². The molecule has 1 aliphatic carbocycles. The first-order valence-corrected chi connectivity index (χ1v) is 15.9. The van der Waals surface area contributed by atoms with E-state index in [1.807, 2.05) is 6.20 Å². The van der Waals surface area contributed by atoms with Gasteiger partial charge in [0.1, 0.15) is 17.9 Å². The van der Waals surface area contributed by atoms with Crippen LogP contribution in [0, 0.1) is 11.8 Å². The van der Waals surface area contributed by atoms with Crippen LogP contribution in [0.25, 0.3) is 10.8 Å². The van der Waals surface area contributed by atoms with Gasteiger partial charge < -0.3 is 33.8 Å². The fraction of sp³-hybridized carbons (Fsp3) is 0.500. The zero-order valence-electron chi connectivity index (χ0n) is 25.6. The second kappa shape index (κ2) is 13.0. The van der Waals surface area contributed by atoms with Crippen LogP contribution in [0.4, 0.5) is 11.5 Å². The first kappa shape index (κ1) is 28.9. The van der Waals surface area contributed by atoms with Crippen LogP contribution in [0.5, 0.6) is 11.8 Å². The van der Waals surface area contributed by atoms with E-state index in [2.05, 4.69) is 56.0 Å². The second-order valence-electron chi connectivity index (χ2n) is 12.4. The van der Waals surface area contributed by atoms with Gasteiger partial charge in [0, 0.05) is 88.4 Å². The second-order valence-corrected chi connectivity index (χ2v) is 12.4. The Morgan fingerprint density at radius 3 is 2.64 bits per heavy atom. The van der Waals surface area contributed by atoms with Gasteiger partial charge in [-0.1, -0.05) is 24.3 Å². The number of hydrogen-bond donors (Lipinski definition) is 0. The van der Waals surface area contributed by atoms with Crippen molar-refractivity contribution >= 4 is 28.6 Å². The summed E-state index contributed by atoms with van der Waals surface area (Å²) in [5.41, 5.74) is 3.35. The number of carbonyl (C=O) groups excluding carboxylic acids is 1. The van der Waals surface area contributed by atoms with E-state index in [1.54, 1.807) is 13.2 Å². The highest BCUT2D eigenvalue weighted by Gasteiger charge is 2.44. The number of aromatic nitrogens is 2. The molecule has 0 amide bonds. The number of carbonyl (C=O) groups is 1. The average molecular weight is 599 g/mol. The van der Waals surface area contributed by atoms with E-state index >= 15 is 0 Å². The Bertz CT molecular complexity index is 1500. The lowest BCUT2D eigenvalue weighted by Crippen LogP contribution is -2.45. The Labute approximate surface area is 259 Å². The molecule has 0 N–H and O–H groups in total. The number of piperidine rings is 1. The number of fused-ring (bicyclic) bond motifs is 3. The maximum Gasteiger partial charge on any atom is 0.318 e. The van der Waals surface area contributed by atoms with Crippen LogP contribution in [0.2, 0.25) is 0 Å². The van der Waals surface area contributed by atoms with Gasteiger partial charge in [-0.15, -0.1) is 0 Å². The molecule has 3 aliphatic heterocycles. The molecule has 0 bridgehead atoms. The minimum atomic E-state index is 0.203. The Morgan fingerprint density at radius 2 is 1.82 bits per heavy atom. The summed E-state index contributed by atoms with van der Waals surface area (Å²) in [5.74, 6) is 3.68. The van der Waals surface area contributed by atoms with E-state index in [0.717, 1.165) is 98.6 Å². The van der Waals surface area contributed by atoms with Gasteiger partial charge in [-0.25, -0.2) is 0 Å². The maximum absolute atomic E-state index is 10.8. The van der Waals surface area contributed by atoms with Crippen molar-refractivity contribution in [1.29, 1.82) is 0 Å². The number of nitrogens with zero attached hydrogens (tertiary/aromatic N) is 6. The number of aldehydes is 1. The summed E-state index contributed by atoms with van der Waals surface area (Å²) in [6.07, 6.45) is 7.52. The van der Waals surface area contributed by atoms with Crippen molar-refractivity contribution in [3.63, 3.8) is 0 Å². The van der Waals surface area contributed by atoms with E-state index in [0.29, 0.717) is 19.2 Å². The molecule has 0 radical (unpaired) electrons. The molecule has 10 heteroatoms. The minimum Gasteiger partial charge on any atom is -0.467 e. The highest BCUT2D eigenvalue weighted by atomic mass is 16.7. The lowest BCUT2D eigenvalue weighted by Gasteiger charge is -2.38. The van der Waals surface area contributed by atoms with Crippen LogP contribution >= 0.6 is 0 Å². The summed E-state index contributed by atoms with van der Waals surface area (Å²) < 4.78 is 17.3. The molecule has 3 aromatic rings. The molecule has 2 unspecified atom stereocenters.